The lowest BCUT2D eigenvalue weighted by molar-refractivity contribution is -0.139. The van der Waals surface area contributed by atoms with Crippen LogP contribution in [0.2, 0.25) is 10.0 Å². The predicted molar refractivity (Wildman–Crippen MR) is 92.9 cm³/mol. The van der Waals surface area contributed by atoms with Crippen molar-refractivity contribution in [2.24, 2.45) is 0 Å². The van der Waals surface area contributed by atoms with Gasteiger partial charge in [0.2, 0.25) is 0 Å². The molecule has 1 heterocycles. The Morgan fingerprint density at radius 3 is 2.52 bits per heavy atom. The molecule has 3 rings (SSSR count). The van der Waals surface area contributed by atoms with Crippen LogP contribution in [0.1, 0.15) is 12.0 Å². The molecule has 1 atom stereocenters. The first-order valence-electron chi connectivity index (χ1n) is 7.30. The SMILES string of the molecule is [CH2]CC1(c2ccc(Cl)c(Cl)c2)CN(c2ccccc2)C(=O)CO1. The Labute approximate surface area is 145 Å². The van der Waals surface area contributed by atoms with Gasteiger partial charge in [-0.25, -0.2) is 0 Å². The van der Waals surface area contributed by atoms with Gasteiger partial charge in [-0.1, -0.05) is 54.4 Å². The molecular weight excluding hydrogens is 333 g/mol. The number of anilines is 1. The molecule has 3 nitrogen and oxygen atoms in total. The fraction of sp³-hybridized carbons (Fsp3) is 0.222. The van der Waals surface area contributed by atoms with Crippen LogP contribution in [0.4, 0.5) is 5.69 Å². The molecule has 1 aliphatic heterocycles. The van der Waals surface area contributed by atoms with Crippen molar-refractivity contribution in [3.63, 3.8) is 0 Å². The van der Waals surface area contributed by atoms with Gasteiger partial charge in [-0.2, -0.15) is 0 Å². The third-order valence-electron chi connectivity index (χ3n) is 4.10. The van der Waals surface area contributed by atoms with Crippen molar-refractivity contribution in [2.75, 3.05) is 18.1 Å². The number of nitrogens with zero attached hydrogens (tertiary/aromatic N) is 1. The van der Waals surface area contributed by atoms with Crippen molar-refractivity contribution in [3.05, 3.63) is 71.1 Å². The van der Waals surface area contributed by atoms with Crippen LogP contribution in [-0.4, -0.2) is 19.1 Å². The van der Waals surface area contributed by atoms with E-state index in [1.165, 1.54) is 0 Å². The smallest absolute Gasteiger partial charge is 0.253 e. The van der Waals surface area contributed by atoms with Crippen LogP contribution in [0, 0.1) is 6.92 Å². The lowest BCUT2D eigenvalue weighted by atomic mass is 9.88. The molecule has 0 spiro atoms. The molecule has 2 aromatic rings. The van der Waals surface area contributed by atoms with Gasteiger partial charge in [-0.05, 0) is 36.2 Å². The number of hydrogen-bond acceptors (Lipinski definition) is 2. The second kappa shape index (κ2) is 6.52. The molecule has 0 aromatic heterocycles. The van der Waals surface area contributed by atoms with Crippen LogP contribution in [0.5, 0.6) is 0 Å². The van der Waals surface area contributed by atoms with Crippen molar-refractivity contribution in [1.82, 2.24) is 0 Å². The first kappa shape index (κ1) is 16.3. The average molecular weight is 349 g/mol. The minimum Gasteiger partial charge on any atom is -0.359 e. The van der Waals surface area contributed by atoms with Crippen molar-refractivity contribution in [1.29, 1.82) is 0 Å². The van der Waals surface area contributed by atoms with Gasteiger partial charge in [-0.3, -0.25) is 4.79 Å². The van der Waals surface area contributed by atoms with E-state index in [9.17, 15) is 4.79 Å². The molecule has 23 heavy (non-hydrogen) atoms. The second-order valence-electron chi connectivity index (χ2n) is 5.48. The van der Waals surface area contributed by atoms with Crippen LogP contribution in [0.25, 0.3) is 0 Å². The van der Waals surface area contributed by atoms with E-state index in [4.69, 9.17) is 27.9 Å². The average Bonchev–Trinajstić information content (AvgIpc) is 2.59. The highest BCUT2D eigenvalue weighted by atomic mass is 35.5. The minimum atomic E-state index is -0.696. The van der Waals surface area contributed by atoms with Gasteiger partial charge < -0.3 is 9.64 Å². The number of benzene rings is 2. The summed E-state index contributed by atoms with van der Waals surface area (Å²) in [5, 5.41) is 0.949. The molecule has 0 aliphatic carbocycles. The summed E-state index contributed by atoms with van der Waals surface area (Å²) < 4.78 is 5.90. The summed E-state index contributed by atoms with van der Waals surface area (Å²) in [6.07, 6.45) is 0.474. The molecule has 1 radical (unpaired) electrons. The summed E-state index contributed by atoms with van der Waals surface area (Å²) in [6, 6.07) is 14.9. The number of carbonyl (C=O) groups excluding carboxylic acids is 1. The summed E-state index contributed by atoms with van der Waals surface area (Å²) in [7, 11) is 0. The third-order valence-corrected chi connectivity index (χ3v) is 4.84. The Morgan fingerprint density at radius 1 is 1.13 bits per heavy atom. The number of carbonyl (C=O) groups is 1. The maximum Gasteiger partial charge on any atom is 0.253 e. The molecule has 0 saturated carbocycles. The topological polar surface area (TPSA) is 29.5 Å². The van der Waals surface area contributed by atoms with Crippen molar-refractivity contribution in [3.8, 4) is 0 Å². The zero-order valence-corrected chi connectivity index (χ0v) is 14.0. The fourth-order valence-corrected chi connectivity index (χ4v) is 3.06. The van der Waals surface area contributed by atoms with E-state index >= 15 is 0 Å². The Kier molecular flexibility index (Phi) is 4.62. The van der Waals surface area contributed by atoms with Gasteiger partial charge in [0.15, 0.2) is 0 Å². The number of hydrogen-bond donors (Lipinski definition) is 0. The number of para-hydroxylation sites is 1. The molecule has 1 amide bonds. The van der Waals surface area contributed by atoms with Crippen LogP contribution in [0.3, 0.4) is 0 Å². The normalized spacial score (nSPS) is 21.5. The zero-order valence-electron chi connectivity index (χ0n) is 12.5. The number of halogens is 2. The monoisotopic (exact) mass is 348 g/mol. The van der Waals surface area contributed by atoms with Gasteiger partial charge in [0.25, 0.3) is 5.91 Å². The molecule has 1 fully saturated rings. The largest absolute Gasteiger partial charge is 0.359 e. The first-order chi connectivity index (χ1) is 11.1. The Hall–Kier alpha value is -1.55. The molecular formula is C18H16Cl2NO2. The molecule has 1 aliphatic rings. The quantitative estimate of drug-likeness (QED) is 0.818. The Morgan fingerprint density at radius 2 is 1.87 bits per heavy atom. The van der Waals surface area contributed by atoms with Crippen LogP contribution < -0.4 is 4.90 Å². The standard InChI is InChI=1S/C18H16Cl2NO2/c1-2-18(13-8-9-15(19)16(20)10-13)12-21(17(22)11-23-18)14-6-4-3-5-7-14/h3-10H,1-2,11-12H2. The highest BCUT2D eigenvalue weighted by Crippen LogP contribution is 2.37. The minimum absolute atomic E-state index is 0.00462. The molecule has 1 unspecified atom stereocenters. The van der Waals surface area contributed by atoms with Gasteiger partial charge >= 0.3 is 0 Å². The molecule has 119 valence electrons. The summed E-state index contributed by atoms with van der Waals surface area (Å²) in [5.74, 6) is -0.0691. The van der Waals surface area contributed by atoms with E-state index in [2.05, 4.69) is 6.92 Å². The first-order valence-corrected chi connectivity index (χ1v) is 8.05. The summed E-state index contributed by atoms with van der Waals surface area (Å²) in [4.78, 5) is 14.0. The second-order valence-corrected chi connectivity index (χ2v) is 6.29. The molecule has 2 aromatic carbocycles. The molecule has 5 heteroatoms. The van der Waals surface area contributed by atoms with E-state index in [0.717, 1.165) is 11.3 Å². The number of ether oxygens (including phenoxy) is 1. The molecule has 0 bridgehead atoms. The van der Waals surface area contributed by atoms with Gasteiger partial charge in [0.1, 0.15) is 12.2 Å². The van der Waals surface area contributed by atoms with E-state index < -0.39 is 5.60 Å². The number of amides is 1. The number of morpholine rings is 1. The van der Waals surface area contributed by atoms with E-state index in [1.54, 1.807) is 17.0 Å². The van der Waals surface area contributed by atoms with E-state index in [1.807, 2.05) is 36.4 Å². The van der Waals surface area contributed by atoms with Crippen molar-refractivity contribution < 1.29 is 9.53 Å². The maximum absolute atomic E-state index is 12.3. The van der Waals surface area contributed by atoms with E-state index in [-0.39, 0.29) is 12.5 Å². The van der Waals surface area contributed by atoms with Crippen molar-refractivity contribution in [2.45, 2.75) is 12.0 Å². The van der Waals surface area contributed by atoms with E-state index in [0.29, 0.717) is 23.0 Å². The highest BCUT2D eigenvalue weighted by Gasteiger charge is 2.40. The van der Waals surface area contributed by atoms with Gasteiger partial charge in [0, 0.05) is 5.69 Å². The number of rotatable bonds is 3. The lowest BCUT2D eigenvalue weighted by Gasteiger charge is -2.42. The highest BCUT2D eigenvalue weighted by molar-refractivity contribution is 6.42. The zero-order chi connectivity index (χ0) is 16.4. The van der Waals surface area contributed by atoms with Crippen LogP contribution in [-0.2, 0) is 15.1 Å². The van der Waals surface area contributed by atoms with Gasteiger partial charge in [0.05, 0.1) is 16.6 Å². The van der Waals surface area contributed by atoms with Crippen LogP contribution in [0.15, 0.2) is 48.5 Å². The van der Waals surface area contributed by atoms with Gasteiger partial charge in [-0.15, -0.1) is 0 Å². The summed E-state index contributed by atoms with van der Waals surface area (Å²) >= 11 is 12.1. The summed E-state index contributed by atoms with van der Waals surface area (Å²) in [5.41, 5.74) is 1.02. The molecule has 1 saturated heterocycles. The van der Waals surface area contributed by atoms with Crippen molar-refractivity contribution >= 4 is 34.8 Å². The fourth-order valence-electron chi connectivity index (χ4n) is 2.76. The lowest BCUT2D eigenvalue weighted by Crippen LogP contribution is -2.53. The third kappa shape index (κ3) is 3.09. The summed E-state index contributed by atoms with van der Waals surface area (Å²) in [6.45, 7) is 4.41. The maximum atomic E-state index is 12.3. The van der Waals surface area contributed by atoms with Crippen LogP contribution >= 0.6 is 23.2 Å². The predicted octanol–water partition coefficient (Wildman–Crippen LogP) is 4.48. The Bertz CT molecular complexity index is 720. The Balaban J connectivity index is 1.99. The molecule has 0 N–H and O–H groups in total.